The molecule has 4 rings (SSSR count). The van der Waals surface area contributed by atoms with E-state index in [2.05, 4.69) is 25.9 Å². The van der Waals surface area contributed by atoms with Crippen molar-refractivity contribution in [1.29, 1.82) is 0 Å². The molecule has 2 aromatic heterocycles. The number of carbonyl (C=O) groups excluding carboxylic acids is 1. The van der Waals surface area contributed by atoms with Gasteiger partial charge in [0.25, 0.3) is 0 Å². The highest BCUT2D eigenvalue weighted by Gasteiger charge is 2.37. The van der Waals surface area contributed by atoms with Gasteiger partial charge in [-0.15, -0.1) is 11.8 Å². The zero-order chi connectivity index (χ0) is 25.7. The summed E-state index contributed by atoms with van der Waals surface area (Å²) in [6.45, 7) is 5.63. The van der Waals surface area contributed by atoms with Gasteiger partial charge in [0.2, 0.25) is 0 Å². The summed E-state index contributed by atoms with van der Waals surface area (Å²) in [5.41, 5.74) is 0.776. The summed E-state index contributed by atoms with van der Waals surface area (Å²) in [7, 11) is 0. The van der Waals surface area contributed by atoms with Crippen LogP contribution in [0.4, 0.5) is 9.18 Å². The number of piperidine rings is 1. The third-order valence-electron chi connectivity index (χ3n) is 5.91. The van der Waals surface area contributed by atoms with Crippen LogP contribution in [0.15, 0.2) is 21.9 Å². The number of hydrogen-bond acceptors (Lipinski definition) is 6. The van der Waals surface area contributed by atoms with E-state index in [1.807, 2.05) is 10.8 Å². The van der Waals surface area contributed by atoms with Gasteiger partial charge in [-0.25, -0.2) is 19.2 Å². The molecule has 2 atom stereocenters. The first-order chi connectivity index (χ1) is 16.4. The molecule has 8 nitrogen and oxygen atoms in total. The van der Waals surface area contributed by atoms with Crippen LogP contribution >= 0.6 is 39.3 Å². The first kappa shape index (κ1) is 26.0. The molecule has 0 aliphatic carbocycles. The van der Waals surface area contributed by atoms with Gasteiger partial charge < -0.3 is 19.3 Å². The Kier molecular flexibility index (Phi) is 7.23. The number of likely N-dealkylation sites (tertiary alicyclic amines) is 1. The van der Waals surface area contributed by atoms with Crippen LogP contribution in [0, 0.1) is 5.82 Å². The molecule has 1 N–H and O–H groups in total. The fourth-order valence-corrected chi connectivity index (χ4v) is 5.49. The molecule has 0 radical (unpaired) electrons. The van der Waals surface area contributed by atoms with Crippen LogP contribution in [-0.4, -0.2) is 61.0 Å². The number of hydrogen-bond donors (Lipinski definition) is 1. The zero-order valence-corrected chi connectivity index (χ0v) is 22.8. The molecule has 0 spiro atoms. The molecule has 1 fully saturated rings. The Balaban J connectivity index is 1.79. The van der Waals surface area contributed by atoms with Gasteiger partial charge in [0, 0.05) is 24.0 Å². The van der Waals surface area contributed by atoms with Gasteiger partial charge in [0.1, 0.15) is 21.7 Å². The van der Waals surface area contributed by atoms with Gasteiger partial charge in [-0.05, 0) is 61.9 Å². The molecule has 3 aromatic rings. The molecule has 188 valence electrons. The Morgan fingerprint density at radius 1 is 1.37 bits per heavy atom. The van der Waals surface area contributed by atoms with Crippen LogP contribution in [-0.2, 0) is 9.53 Å². The number of thioether (sulfide) groups is 1. The number of nitrogens with zero attached hydrogens (tertiary/aromatic N) is 4. The van der Waals surface area contributed by atoms with Crippen LogP contribution in [0.2, 0.25) is 5.02 Å². The number of fused-ring (bicyclic) bond motifs is 3. The first-order valence-corrected chi connectivity index (χ1v) is 13.4. The average Bonchev–Trinajstić information content (AvgIpc) is 3.21. The van der Waals surface area contributed by atoms with E-state index in [4.69, 9.17) is 16.3 Å². The number of rotatable bonds is 4. The predicted molar refractivity (Wildman–Crippen MR) is 137 cm³/mol. The Hall–Kier alpha value is -2.11. The van der Waals surface area contributed by atoms with Crippen molar-refractivity contribution in [3.63, 3.8) is 0 Å². The van der Waals surface area contributed by atoms with Crippen molar-refractivity contribution in [2.75, 3.05) is 12.8 Å². The number of aromatic nitrogens is 3. The number of benzene rings is 1. The molecule has 1 amide bonds. The number of halogens is 3. The molecule has 0 saturated carbocycles. The van der Waals surface area contributed by atoms with Gasteiger partial charge in [0.15, 0.2) is 5.82 Å². The normalized spacial score (nSPS) is 18.9. The first-order valence-electron chi connectivity index (χ1n) is 11.0. The third kappa shape index (κ3) is 5.08. The van der Waals surface area contributed by atoms with Crippen LogP contribution in [0.5, 0.6) is 0 Å². The summed E-state index contributed by atoms with van der Waals surface area (Å²) in [5.74, 6) is -1.56. The second-order valence-corrected chi connectivity index (χ2v) is 11.5. The Morgan fingerprint density at radius 2 is 2.09 bits per heavy atom. The van der Waals surface area contributed by atoms with Crippen LogP contribution in [0.25, 0.3) is 21.9 Å². The average molecular weight is 588 g/mol. The molecule has 0 bridgehead atoms. The molecule has 1 aromatic carbocycles. The Bertz CT molecular complexity index is 1330. The number of carboxylic acid groups (broad SMARTS) is 1. The lowest BCUT2D eigenvalue weighted by atomic mass is 9.94. The number of aliphatic carboxylic acids is 1. The largest absolute Gasteiger partial charge is 0.481 e. The number of ether oxygens (including phenoxy) is 1. The summed E-state index contributed by atoms with van der Waals surface area (Å²) in [6, 6.07) is 0.918. The third-order valence-corrected chi connectivity index (χ3v) is 7.89. The van der Waals surface area contributed by atoms with Gasteiger partial charge in [0.05, 0.1) is 27.8 Å². The summed E-state index contributed by atoms with van der Waals surface area (Å²) < 4.78 is 22.7. The molecule has 3 heterocycles. The monoisotopic (exact) mass is 586 g/mol. The summed E-state index contributed by atoms with van der Waals surface area (Å²) in [6.07, 6.45) is 3.70. The maximum atomic E-state index is 15.1. The number of carboxylic acids is 1. The topological polar surface area (TPSA) is 97.5 Å². The lowest BCUT2D eigenvalue weighted by Crippen LogP contribution is -2.49. The molecule has 1 aliphatic heterocycles. The van der Waals surface area contributed by atoms with Crippen molar-refractivity contribution in [3.05, 3.63) is 27.7 Å². The van der Waals surface area contributed by atoms with Crippen LogP contribution in [0.1, 0.15) is 46.1 Å². The summed E-state index contributed by atoms with van der Waals surface area (Å²) in [5, 5.41) is 10.8. The minimum Gasteiger partial charge on any atom is -0.481 e. The minimum atomic E-state index is -1.00. The molecule has 1 aliphatic rings. The molecule has 12 heteroatoms. The van der Waals surface area contributed by atoms with Gasteiger partial charge in [-0.2, -0.15) is 0 Å². The van der Waals surface area contributed by atoms with Gasteiger partial charge in [-0.1, -0.05) is 11.6 Å². The fourth-order valence-electron chi connectivity index (χ4n) is 4.47. The quantitative estimate of drug-likeness (QED) is 0.284. The lowest BCUT2D eigenvalue weighted by Gasteiger charge is -2.40. The number of amides is 1. The second-order valence-electron chi connectivity index (χ2n) is 9.46. The Morgan fingerprint density at radius 3 is 2.71 bits per heavy atom. The molecule has 0 unspecified atom stereocenters. The van der Waals surface area contributed by atoms with Crippen molar-refractivity contribution < 1.29 is 23.8 Å². The summed E-state index contributed by atoms with van der Waals surface area (Å²) in [4.78, 5) is 35.0. The highest BCUT2D eigenvalue weighted by Crippen LogP contribution is 2.40. The van der Waals surface area contributed by atoms with E-state index in [1.165, 1.54) is 16.7 Å². The van der Waals surface area contributed by atoms with Crippen molar-refractivity contribution in [1.82, 2.24) is 19.4 Å². The highest BCUT2D eigenvalue weighted by molar-refractivity contribution is 9.10. The van der Waals surface area contributed by atoms with Crippen molar-refractivity contribution in [2.45, 2.75) is 62.7 Å². The number of carbonyl (C=O) groups is 2. The Labute approximate surface area is 219 Å². The van der Waals surface area contributed by atoms with E-state index in [0.717, 1.165) is 0 Å². The maximum absolute atomic E-state index is 15.1. The van der Waals surface area contributed by atoms with E-state index in [-0.39, 0.29) is 27.5 Å². The fraction of sp³-hybridized carbons (Fsp3) is 0.478. The lowest BCUT2D eigenvalue weighted by molar-refractivity contribution is -0.138. The second kappa shape index (κ2) is 9.74. The van der Waals surface area contributed by atoms with E-state index in [0.29, 0.717) is 40.8 Å². The van der Waals surface area contributed by atoms with E-state index in [1.54, 1.807) is 33.2 Å². The van der Waals surface area contributed by atoms with E-state index in [9.17, 15) is 14.7 Å². The molecular formula is C23H25BrClFN4O4S. The van der Waals surface area contributed by atoms with E-state index >= 15 is 4.39 Å². The van der Waals surface area contributed by atoms with E-state index < -0.39 is 29.5 Å². The van der Waals surface area contributed by atoms with Gasteiger partial charge >= 0.3 is 12.1 Å². The van der Waals surface area contributed by atoms with Crippen molar-refractivity contribution in [2.24, 2.45) is 0 Å². The summed E-state index contributed by atoms with van der Waals surface area (Å²) >= 11 is 10.8. The minimum absolute atomic E-state index is 0.142. The van der Waals surface area contributed by atoms with Gasteiger partial charge in [-0.3, -0.25) is 4.79 Å². The molecular weight excluding hydrogens is 563 g/mol. The van der Waals surface area contributed by atoms with Crippen molar-refractivity contribution >= 4 is 73.3 Å². The smallest absolute Gasteiger partial charge is 0.410 e. The SMILES string of the molecule is CSc1nc2c(F)c(Br)c(Cl)cc2c2c1ncn2[C@H]1CCN(C(=O)OC(C)(C)C)[C@H](CC(=O)O)C1. The van der Waals surface area contributed by atoms with Crippen molar-refractivity contribution in [3.8, 4) is 0 Å². The zero-order valence-electron chi connectivity index (χ0n) is 19.6. The number of pyridine rings is 1. The predicted octanol–water partition coefficient (Wildman–Crippen LogP) is 6.28. The molecule has 1 saturated heterocycles. The van der Waals surface area contributed by atoms with Crippen LogP contribution < -0.4 is 0 Å². The molecule has 35 heavy (non-hydrogen) atoms. The highest BCUT2D eigenvalue weighted by atomic mass is 79.9. The maximum Gasteiger partial charge on any atom is 0.410 e. The number of imidazole rings is 1. The van der Waals surface area contributed by atoms with Crippen LogP contribution in [0.3, 0.4) is 0 Å². The standard InChI is InChI=1S/C23H25BrClFN4O4S/c1-23(2,3)34-22(33)29-6-5-11(7-12(29)8-15(31)32)30-10-27-19-20(30)13-9-14(25)16(24)17(26)18(13)28-21(19)35-4/h9-12H,5-8H2,1-4H3,(H,31,32)/t11-,12-/m0/s1.